The zero-order chi connectivity index (χ0) is 12.2. The van der Waals surface area contributed by atoms with Gasteiger partial charge in [-0.3, -0.25) is 4.79 Å². The molecule has 1 aliphatic rings. The number of carbonyl (C=O) groups excluding carboxylic acids is 1. The molecular weight excluding hydrogens is 202 g/mol. The van der Waals surface area contributed by atoms with Gasteiger partial charge in [-0.1, -0.05) is 19.3 Å². The van der Waals surface area contributed by atoms with E-state index in [4.69, 9.17) is 10.5 Å². The van der Waals surface area contributed by atoms with Gasteiger partial charge in [0.1, 0.15) is 5.60 Å². The van der Waals surface area contributed by atoms with Gasteiger partial charge in [0, 0.05) is 6.54 Å². The molecule has 3 nitrogen and oxygen atoms in total. The van der Waals surface area contributed by atoms with Gasteiger partial charge in [-0.15, -0.1) is 0 Å². The lowest BCUT2D eigenvalue weighted by Gasteiger charge is -2.30. The summed E-state index contributed by atoms with van der Waals surface area (Å²) < 4.78 is 5.43. The standard InChI is InChI=1S/C13H25NO2/c1-13(2,3)16-12(15)11(9-14)10-7-5-4-6-8-10/h10-11H,4-9,14H2,1-3H3. The van der Waals surface area contributed by atoms with Gasteiger partial charge < -0.3 is 10.5 Å². The molecule has 1 fully saturated rings. The Morgan fingerprint density at radius 2 is 1.88 bits per heavy atom. The average molecular weight is 227 g/mol. The molecule has 1 aliphatic carbocycles. The molecule has 0 aliphatic heterocycles. The van der Waals surface area contributed by atoms with Crippen molar-refractivity contribution in [3.8, 4) is 0 Å². The highest BCUT2D eigenvalue weighted by atomic mass is 16.6. The molecule has 1 saturated carbocycles. The summed E-state index contributed by atoms with van der Waals surface area (Å²) in [6.45, 7) is 6.12. The van der Waals surface area contributed by atoms with Crippen LogP contribution < -0.4 is 5.73 Å². The Morgan fingerprint density at radius 1 is 1.31 bits per heavy atom. The van der Waals surface area contributed by atoms with E-state index < -0.39 is 5.60 Å². The maximum absolute atomic E-state index is 12.0. The van der Waals surface area contributed by atoms with Crippen LogP contribution in [0.4, 0.5) is 0 Å². The molecule has 0 radical (unpaired) electrons. The fourth-order valence-corrected chi connectivity index (χ4v) is 2.40. The Labute approximate surface area is 98.7 Å². The Morgan fingerprint density at radius 3 is 2.31 bits per heavy atom. The first-order valence-corrected chi connectivity index (χ1v) is 6.37. The Hall–Kier alpha value is -0.570. The molecule has 0 saturated heterocycles. The summed E-state index contributed by atoms with van der Waals surface area (Å²) in [5.74, 6) is 0.232. The number of rotatable bonds is 3. The van der Waals surface area contributed by atoms with Crippen molar-refractivity contribution in [3.63, 3.8) is 0 Å². The van der Waals surface area contributed by atoms with Crippen LogP contribution in [0.3, 0.4) is 0 Å². The third kappa shape index (κ3) is 4.12. The largest absolute Gasteiger partial charge is 0.460 e. The van der Waals surface area contributed by atoms with Crippen molar-refractivity contribution in [2.75, 3.05) is 6.54 Å². The monoisotopic (exact) mass is 227 g/mol. The molecule has 0 amide bonds. The molecule has 0 aromatic rings. The van der Waals surface area contributed by atoms with Gasteiger partial charge >= 0.3 is 5.97 Å². The van der Waals surface area contributed by atoms with Crippen LogP contribution in [0.25, 0.3) is 0 Å². The first kappa shape index (κ1) is 13.5. The van der Waals surface area contributed by atoms with Crippen LogP contribution in [0.1, 0.15) is 52.9 Å². The van der Waals surface area contributed by atoms with Gasteiger partial charge in [0.05, 0.1) is 5.92 Å². The van der Waals surface area contributed by atoms with Gasteiger partial charge in [0.2, 0.25) is 0 Å². The second-order valence-electron chi connectivity index (χ2n) is 5.77. The highest BCUT2D eigenvalue weighted by molar-refractivity contribution is 5.73. The summed E-state index contributed by atoms with van der Waals surface area (Å²) >= 11 is 0. The molecule has 0 spiro atoms. The van der Waals surface area contributed by atoms with E-state index >= 15 is 0 Å². The van der Waals surface area contributed by atoms with E-state index in [-0.39, 0.29) is 11.9 Å². The van der Waals surface area contributed by atoms with Gasteiger partial charge in [-0.2, -0.15) is 0 Å². The number of hydrogen-bond acceptors (Lipinski definition) is 3. The molecular formula is C13H25NO2. The van der Waals surface area contributed by atoms with Crippen LogP contribution in [0.2, 0.25) is 0 Å². The fraction of sp³-hybridized carbons (Fsp3) is 0.923. The SMILES string of the molecule is CC(C)(C)OC(=O)C(CN)C1CCCCC1. The summed E-state index contributed by atoms with van der Waals surface area (Å²) in [5.41, 5.74) is 5.32. The molecule has 2 N–H and O–H groups in total. The molecule has 16 heavy (non-hydrogen) atoms. The van der Waals surface area contributed by atoms with Crippen molar-refractivity contribution in [2.24, 2.45) is 17.6 Å². The third-order valence-corrected chi connectivity index (χ3v) is 3.18. The molecule has 0 aromatic heterocycles. The number of hydrogen-bond donors (Lipinski definition) is 1. The van der Waals surface area contributed by atoms with E-state index in [1.807, 2.05) is 20.8 Å². The van der Waals surface area contributed by atoms with E-state index in [1.165, 1.54) is 19.3 Å². The molecule has 0 heterocycles. The predicted octanol–water partition coefficient (Wildman–Crippen LogP) is 2.48. The number of carbonyl (C=O) groups is 1. The normalized spacial score (nSPS) is 20.5. The fourth-order valence-electron chi connectivity index (χ4n) is 2.40. The lowest BCUT2D eigenvalue weighted by atomic mass is 9.80. The summed E-state index contributed by atoms with van der Waals surface area (Å²) in [5, 5.41) is 0. The van der Waals surface area contributed by atoms with Crippen molar-refractivity contribution in [3.05, 3.63) is 0 Å². The summed E-state index contributed by atoms with van der Waals surface area (Å²) in [4.78, 5) is 12.0. The van der Waals surface area contributed by atoms with Gasteiger partial charge in [0.25, 0.3) is 0 Å². The third-order valence-electron chi connectivity index (χ3n) is 3.18. The van der Waals surface area contributed by atoms with Crippen LogP contribution in [0.15, 0.2) is 0 Å². The maximum atomic E-state index is 12.0. The van der Waals surface area contributed by atoms with E-state index in [1.54, 1.807) is 0 Å². The molecule has 94 valence electrons. The molecule has 1 unspecified atom stereocenters. The van der Waals surface area contributed by atoms with E-state index in [0.717, 1.165) is 12.8 Å². The van der Waals surface area contributed by atoms with E-state index in [0.29, 0.717) is 12.5 Å². The summed E-state index contributed by atoms with van der Waals surface area (Å²) in [6.07, 6.45) is 6.00. The van der Waals surface area contributed by atoms with Crippen LogP contribution >= 0.6 is 0 Å². The lowest BCUT2D eigenvalue weighted by molar-refractivity contribution is -0.162. The number of nitrogens with two attached hydrogens (primary N) is 1. The van der Waals surface area contributed by atoms with Crippen LogP contribution in [0, 0.1) is 11.8 Å². The van der Waals surface area contributed by atoms with Gasteiger partial charge in [-0.05, 0) is 39.5 Å². The van der Waals surface area contributed by atoms with Gasteiger partial charge in [0.15, 0.2) is 0 Å². The molecule has 0 aromatic carbocycles. The Kier molecular flexibility index (Phi) is 4.78. The minimum atomic E-state index is -0.404. The highest BCUT2D eigenvalue weighted by Crippen LogP contribution is 2.31. The van der Waals surface area contributed by atoms with Crippen molar-refractivity contribution in [2.45, 2.75) is 58.5 Å². The maximum Gasteiger partial charge on any atom is 0.311 e. The van der Waals surface area contributed by atoms with Crippen molar-refractivity contribution in [1.29, 1.82) is 0 Å². The number of esters is 1. The molecule has 3 heteroatoms. The minimum absolute atomic E-state index is 0.0977. The van der Waals surface area contributed by atoms with Crippen molar-refractivity contribution >= 4 is 5.97 Å². The van der Waals surface area contributed by atoms with E-state index in [2.05, 4.69) is 0 Å². The van der Waals surface area contributed by atoms with Gasteiger partial charge in [-0.25, -0.2) is 0 Å². The first-order chi connectivity index (χ1) is 7.44. The van der Waals surface area contributed by atoms with Crippen LogP contribution in [-0.4, -0.2) is 18.1 Å². The van der Waals surface area contributed by atoms with Crippen LogP contribution in [-0.2, 0) is 9.53 Å². The molecule has 0 bridgehead atoms. The zero-order valence-corrected chi connectivity index (χ0v) is 10.8. The lowest BCUT2D eigenvalue weighted by Crippen LogP contribution is -2.37. The first-order valence-electron chi connectivity index (χ1n) is 6.37. The second-order valence-corrected chi connectivity index (χ2v) is 5.77. The Balaban J connectivity index is 2.55. The summed E-state index contributed by atoms with van der Waals surface area (Å²) in [6, 6.07) is 0. The zero-order valence-electron chi connectivity index (χ0n) is 10.8. The van der Waals surface area contributed by atoms with Crippen molar-refractivity contribution < 1.29 is 9.53 Å². The quantitative estimate of drug-likeness (QED) is 0.754. The average Bonchev–Trinajstić information content (AvgIpc) is 2.17. The van der Waals surface area contributed by atoms with E-state index in [9.17, 15) is 4.79 Å². The minimum Gasteiger partial charge on any atom is -0.460 e. The summed E-state index contributed by atoms with van der Waals surface area (Å²) in [7, 11) is 0. The Bertz CT molecular complexity index is 227. The van der Waals surface area contributed by atoms with Crippen LogP contribution in [0.5, 0.6) is 0 Å². The van der Waals surface area contributed by atoms with Crippen molar-refractivity contribution in [1.82, 2.24) is 0 Å². The number of ether oxygens (including phenoxy) is 1. The molecule has 1 rings (SSSR count). The second kappa shape index (κ2) is 5.67. The smallest absolute Gasteiger partial charge is 0.311 e. The molecule has 1 atom stereocenters. The topological polar surface area (TPSA) is 52.3 Å². The highest BCUT2D eigenvalue weighted by Gasteiger charge is 2.31. The predicted molar refractivity (Wildman–Crippen MR) is 65.0 cm³/mol.